The summed E-state index contributed by atoms with van der Waals surface area (Å²) in [4.78, 5) is 0. The van der Waals surface area contributed by atoms with E-state index in [2.05, 4.69) is 54.1 Å². The van der Waals surface area contributed by atoms with E-state index in [-0.39, 0.29) is 0 Å². The molecule has 0 radical (unpaired) electrons. The van der Waals surface area contributed by atoms with Crippen LogP contribution in [0, 0.1) is 13.8 Å². The van der Waals surface area contributed by atoms with Crippen LogP contribution in [0.5, 0.6) is 0 Å². The number of rotatable bonds is 6. The van der Waals surface area contributed by atoms with Gasteiger partial charge in [0.25, 0.3) is 0 Å². The summed E-state index contributed by atoms with van der Waals surface area (Å²) >= 11 is 0. The number of aryl methyl sites for hydroxylation is 1. The van der Waals surface area contributed by atoms with E-state index in [4.69, 9.17) is 4.74 Å². The summed E-state index contributed by atoms with van der Waals surface area (Å²) < 4.78 is 7.34. The molecule has 0 fully saturated rings. The van der Waals surface area contributed by atoms with Crippen LogP contribution < -0.4 is 5.32 Å². The first-order chi connectivity index (χ1) is 9.24. The van der Waals surface area contributed by atoms with Gasteiger partial charge in [0.1, 0.15) is 0 Å². The molecule has 0 aliphatic rings. The van der Waals surface area contributed by atoms with Crippen LogP contribution >= 0.6 is 0 Å². The first-order valence-electron chi connectivity index (χ1n) is 6.67. The van der Waals surface area contributed by atoms with Crippen LogP contribution in [0.15, 0.2) is 36.4 Å². The van der Waals surface area contributed by atoms with Gasteiger partial charge in [-0.25, -0.2) is 0 Å². The zero-order valence-corrected chi connectivity index (χ0v) is 11.9. The minimum atomic E-state index is 0.747. The Hall–Kier alpha value is -1.58. The van der Waals surface area contributed by atoms with Crippen molar-refractivity contribution in [3.63, 3.8) is 0 Å². The summed E-state index contributed by atoms with van der Waals surface area (Å²) in [6, 6.07) is 12.7. The normalized spacial score (nSPS) is 10.9. The first kappa shape index (κ1) is 13.8. The van der Waals surface area contributed by atoms with E-state index >= 15 is 0 Å². The Kier molecular flexibility index (Phi) is 4.77. The van der Waals surface area contributed by atoms with Crippen LogP contribution in [-0.2, 0) is 11.3 Å². The predicted molar refractivity (Wildman–Crippen MR) is 78.8 cm³/mol. The van der Waals surface area contributed by atoms with Crippen molar-refractivity contribution < 1.29 is 4.74 Å². The van der Waals surface area contributed by atoms with Gasteiger partial charge in [0, 0.05) is 37.3 Å². The monoisotopic (exact) mass is 258 g/mol. The van der Waals surface area contributed by atoms with Crippen LogP contribution in [0.25, 0.3) is 5.69 Å². The van der Waals surface area contributed by atoms with E-state index in [1.54, 1.807) is 7.11 Å². The van der Waals surface area contributed by atoms with Crippen LogP contribution in [0.2, 0.25) is 0 Å². The van der Waals surface area contributed by atoms with Crippen LogP contribution in [-0.4, -0.2) is 24.8 Å². The molecule has 1 aromatic carbocycles. The molecular weight excluding hydrogens is 236 g/mol. The minimum absolute atomic E-state index is 0.747. The maximum atomic E-state index is 5.04. The molecular formula is C16H22N2O. The van der Waals surface area contributed by atoms with E-state index in [1.807, 2.05) is 6.07 Å². The molecule has 1 N–H and O–H groups in total. The average Bonchev–Trinajstić information content (AvgIpc) is 2.71. The van der Waals surface area contributed by atoms with Crippen LogP contribution in [0.1, 0.15) is 17.0 Å². The van der Waals surface area contributed by atoms with E-state index in [0.717, 1.165) is 19.7 Å². The Morgan fingerprint density at radius 3 is 2.58 bits per heavy atom. The smallest absolute Gasteiger partial charge is 0.0587 e. The first-order valence-corrected chi connectivity index (χ1v) is 6.67. The lowest BCUT2D eigenvalue weighted by molar-refractivity contribution is 0.199. The molecule has 0 saturated heterocycles. The average molecular weight is 258 g/mol. The van der Waals surface area contributed by atoms with Gasteiger partial charge in [-0.15, -0.1) is 0 Å². The van der Waals surface area contributed by atoms with Gasteiger partial charge >= 0.3 is 0 Å². The van der Waals surface area contributed by atoms with E-state index in [1.165, 1.54) is 22.6 Å². The van der Waals surface area contributed by atoms with Gasteiger partial charge in [-0.3, -0.25) is 0 Å². The SMILES string of the molecule is COCCNCc1cc(C)n(-c2ccccc2)c1C. The summed E-state index contributed by atoms with van der Waals surface area (Å²) in [5.41, 5.74) is 5.14. The quantitative estimate of drug-likeness (QED) is 0.806. The van der Waals surface area contributed by atoms with Gasteiger partial charge in [-0.2, -0.15) is 0 Å². The minimum Gasteiger partial charge on any atom is -0.383 e. The number of aromatic nitrogens is 1. The third-order valence-corrected chi connectivity index (χ3v) is 3.35. The zero-order valence-electron chi connectivity index (χ0n) is 11.9. The predicted octanol–water partition coefficient (Wildman–Crippen LogP) is 2.83. The highest BCUT2D eigenvalue weighted by molar-refractivity contribution is 5.40. The molecule has 2 aromatic rings. The standard InChI is InChI=1S/C16H22N2O/c1-13-11-15(12-17-9-10-19-3)14(2)18(13)16-7-5-4-6-8-16/h4-8,11,17H,9-10,12H2,1-3H3. The number of ether oxygens (including phenoxy) is 1. The highest BCUT2D eigenvalue weighted by Gasteiger charge is 2.09. The van der Waals surface area contributed by atoms with Gasteiger partial charge in [-0.1, -0.05) is 18.2 Å². The molecule has 0 bridgehead atoms. The summed E-state index contributed by atoms with van der Waals surface area (Å²) in [6.45, 7) is 6.84. The van der Waals surface area contributed by atoms with Crippen LogP contribution in [0.4, 0.5) is 0 Å². The fraction of sp³-hybridized carbons (Fsp3) is 0.375. The second kappa shape index (κ2) is 6.55. The Morgan fingerprint density at radius 2 is 1.89 bits per heavy atom. The second-order valence-corrected chi connectivity index (χ2v) is 4.74. The largest absolute Gasteiger partial charge is 0.383 e. The molecule has 0 saturated carbocycles. The summed E-state index contributed by atoms with van der Waals surface area (Å²) in [5, 5.41) is 3.40. The number of nitrogens with zero attached hydrogens (tertiary/aromatic N) is 1. The highest BCUT2D eigenvalue weighted by Crippen LogP contribution is 2.20. The maximum Gasteiger partial charge on any atom is 0.0587 e. The van der Waals surface area contributed by atoms with Gasteiger partial charge in [0.2, 0.25) is 0 Å². The molecule has 1 heterocycles. The van der Waals surface area contributed by atoms with Crippen molar-refractivity contribution in [3.8, 4) is 5.69 Å². The molecule has 3 heteroatoms. The van der Waals surface area contributed by atoms with E-state index in [0.29, 0.717) is 0 Å². The lowest BCUT2D eigenvalue weighted by atomic mass is 10.2. The fourth-order valence-electron chi connectivity index (χ4n) is 2.38. The number of benzene rings is 1. The number of nitrogens with one attached hydrogen (secondary N) is 1. The molecule has 0 unspecified atom stereocenters. The van der Waals surface area contributed by atoms with Crippen LogP contribution in [0.3, 0.4) is 0 Å². The molecule has 19 heavy (non-hydrogen) atoms. The maximum absolute atomic E-state index is 5.04. The zero-order chi connectivity index (χ0) is 13.7. The second-order valence-electron chi connectivity index (χ2n) is 4.74. The number of methoxy groups -OCH3 is 1. The Bertz CT molecular complexity index is 517. The van der Waals surface area contributed by atoms with Gasteiger partial charge in [-0.05, 0) is 37.6 Å². The van der Waals surface area contributed by atoms with Crippen molar-refractivity contribution in [2.24, 2.45) is 0 Å². The van der Waals surface area contributed by atoms with Crippen molar-refractivity contribution in [1.82, 2.24) is 9.88 Å². The lowest BCUT2D eigenvalue weighted by Gasteiger charge is -2.10. The molecule has 0 atom stereocenters. The summed E-state index contributed by atoms with van der Waals surface area (Å²) in [6.07, 6.45) is 0. The third-order valence-electron chi connectivity index (χ3n) is 3.35. The van der Waals surface area contributed by atoms with Gasteiger partial charge in [0.05, 0.1) is 6.61 Å². The van der Waals surface area contributed by atoms with Crippen molar-refractivity contribution >= 4 is 0 Å². The topological polar surface area (TPSA) is 26.2 Å². The molecule has 3 nitrogen and oxygen atoms in total. The molecule has 2 rings (SSSR count). The third kappa shape index (κ3) is 3.25. The molecule has 0 spiro atoms. The Morgan fingerprint density at radius 1 is 1.16 bits per heavy atom. The van der Waals surface area contributed by atoms with Crippen molar-refractivity contribution in [1.29, 1.82) is 0 Å². The number of para-hydroxylation sites is 1. The molecule has 0 aliphatic carbocycles. The summed E-state index contributed by atoms with van der Waals surface area (Å²) in [5.74, 6) is 0. The molecule has 0 aliphatic heterocycles. The van der Waals surface area contributed by atoms with Crippen molar-refractivity contribution in [3.05, 3.63) is 53.3 Å². The van der Waals surface area contributed by atoms with Crippen molar-refractivity contribution in [2.45, 2.75) is 20.4 Å². The number of hydrogen-bond acceptors (Lipinski definition) is 2. The number of hydrogen-bond donors (Lipinski definition) is 1. The Labute approximate surface area is 115 Å². The van der Waals surface area contributed by atoms with Crippen molar-refractivity contribution in [2.75, 3.05) is 20.3 Å². The van der Waals surface area contributed by atoms with E-state index in [9.17, 15) is 0 Å². The fourth-order valence-corrected chi connectivity index (χ4v) is 2.38. The molecule has 0 amide bonds. The highest BCUT2D eigenvalue weighted by atomic mass is 16.5. The lowest BCUT2D eigenvalue weighted by Crippen LogP contribution is -2.18. The van der Waals surface area contributed by atoms with E-state index < -0.39 is 0 Å². The molecule has 1 aromatic heterocycles. The summed E-state index contributed by atoms with van der Waals surface area (Å²) in [7, 11) is 1.73. The molecule has 102 valence electrons. The Balaban J connectivity index is 2.16. The van der Waals surface area contributed by atoms with Gasteiger partial charge in [0.15, 0.2) is 0 Å². The van der Waals surface area contributed by atoms with Gasteiger partial charge < -0.3 is 14.6 Å².